The number of aryl methyl sites for hydroxylation is 2. The van der Waals surface area contributed by atoms with E-state index in [4.69, 9.17) is 11.6 Å². The van der Waals surface area contributed by atoms with Crippen molar-refractivity contribution in [2.75, 3.05) is 5.32 Å². The number of hydrogen-bond donors (Lipinski definition) is 1. The normalized spacial score (nSPS) is 11.0. The van der Waals surface area contributed by atoms with Crippen molar-refractivity contribution >= 4 is 34.0 Å². The first kappa shape index (κ1) is 15.9. The second kappa shape index (κ2) is 6.54. The van der Waals surface area contributed by atoms with Gasteiger partial charge in [-0.3, -0.25) is 10.1 Å². The molecule has 1 N–H and O–H groups in total. The number of nitrogens with zero attached hydrogens (tertiary/aromatic N) is 2. The summed E-state index contributed by atoms with van der Waals surface area (Å²) < 4.78 is 0. The van der Waals surface area contributed by atoms with Gasteiger partial charge >= 0.3 is 0 Å². The van der Waals surface area contributed by atoms with E-state index >= 15 is 0 Å². The van der Waals surface area contributed by atoms with Crippen molar-refractivity contribution in [2.45, 2.75) is 40.0 Å². The molecule has 6 heteroatoms. The van der Waals surface area contributed by atoms with E-state index in [0.717, 1.165) is 22.7 Å². The van der Waals surface area contributed by atoms with Gasteiger partial charge in [-0.15, -0.1) is 11.3 Å². The van der Waals surface area contributed by atoms with Gasteiger partial charge in [-0.05, 0) is 31.4 Å². The van der Waals surface area contributed by atoms with E-state index in [-0.39, 0.29) is 11.8 Å². The van der Waals surface area contributed by atoms with Gasteiger partial charge in [0.2, 0.25) is 0 Å². The Morgan fingerprint density at radius 2 is 2.10 bits per heavy atom. The number of nitrogens with one attached hydrogen (secondary N) is 1. The quantitative estimate of drug-likeness (QED) is 0.846. The van der Waals surface area contributed by atoms with E-state index in [2.05, 4.69) is 15.3 Å². The summed E-state index contributed by atoms with van der Waals surface area (Å²) in [6.45, 7) is 8.08. The Kier molecular flexibility index (Phi) is 4.96. The van der Waals surface area contributed by atoms with Crippen LogP contribution in [0.25, 0.3) is 0 Å². The van der Waals surface area contributed by atoms with Gasteiger partial charge in [0.1, 0.15) is 5.15 Å². The van der Waals surface area contributed by atoms with Crippen LogP contribution in [0.4, 0.5) is 5.13 Å². The van der Waals surface area contributed by atoms with Crippen LogP contribution < -0.4 is 5.32 Å². The number of carbonyl (C=O) groups is 1. The number of carbonyl (C=O) groups excluding carboxylic acids is 1. The van der Waals surface area contributed by atoms with E-state index in [1.807, 2.05) is 27.7 Å². The van der Waals surface area contributed by atoms with Crippen LogP contribution in [0.15, 0.2) is 12.1 Å². The Morgan fingerprint density at radius 3 is 2.67 bits per heavy atom. The number of halogens is 1. The molecule has 2 aromatic heterocycles. The van der Waals surface area contributed by atoms with Crippen LogP contribution in [0.5, 0.6) is 0 Å². The van der Waals surface area contributed by atoms with Gasteiger partial charge in [0.05, 0.1) is 5.69 Å². The molecule has 0 aromatic carbocycles. The summed E-state index contributed by atoms with van der Waals surface area (Å²) in [6, 6.07) is 3.34. The molecular weight excluding hydrogens is 306 g/mol. The van der Waals surface area contributed by atoms with E-state index in [1.165, 1.54) is 11.3 Å². The maximum absolute atomic E-state index is 12.3. The standard InChI is InChI=1S/C15H18ClN3OS/c1-5-11-9(4)21-15(18-11)19-14(20)10-6-12(8(2)3)17-13(16)7-10/h6-8H,5H2,1-4H3,(H,18,19,20). The smallest absolute Gasteiger partial charge is 0.257 e. The summed E-state index contributed by atoms with van der Waals surface area (Å²) in [5, 5.41) is 3.78. The minimum absolute atomic E-state index is 0.211. The van der Waals surface area contributed by atoms with E-state index in [0.29, 0.717) is 15.8 Å². The van der Waals surface area contributed by atoms with Crippen molar-refractivity contribution in [3.05, 3.63) is 39.1 Å². The summed E-state index contributed by atoms with van der Waals surface area (Å²) in [6.07, 6.45) is 0.858. The molecule has 21 heavy (non-hydrogen) atoms. The Bertz CT molecular complexity index is 667. The molecule has 0 fully saturated rings. The number of aromatic nitrogens is 2. The van der Waals surface area contributed by atoms with Crippen molar-refractivity contribution in [2.24, 2.45) is 0 Å². The Labute approximate surface area is 133 Å². The molecule has 2 aromatic rings. The summed E-state index contributed by atoms with van der Waals surface area (Å²) in [5.74, 6) is 0.00153. The van der Waals surface area contributed by atoms with Gasteiger partial charge < -0.3 is 0 Å². The average Bonchev–Trinajstić information content (AvgIpc) is 2.77. The Balaban J connectivity index is 2.23. The fourth-order valence-electron chi connectivity index (χ4n) is 1.92. The molecule has 2 heterocycles. The first-order chi connectivity index (χ1) is 9.90. The van der Waals surface area contributed by atoms with Crippen molar-refractivity contribution in [1.29, 1.82) is 0 Å². The lowest BCUT2D eigenvalue weighted by Gasteiger charge is -2.08. The summed E-state index contributed by atoms with van der Waals surface area (Å²) in [7, 11) is 0. The van der Waals surface area contributed by atoms with Gasteiger partial charge in [-0.25, -0.2) is 9.97 Å². The van der Waals surface area contributed by atoms with Gasteiger partial charge in [-0.2, -0.15) is 0 Å². The second-order valence-electron chi connectivity index (χ2n) is 5.09. The second-order valence-corrected chi connectivity index (χ2v) is 6.68. The molecule has 112 valence electrons. The van der Waals surface area contributed by atoms with Crippen molar-refractivity contribution in [3.63, 3.8) is 0 Å². The molecule has 0 radical (unpaired) electrons. The molecule has 0 saturated carbocycles. The number of anilines is 1. The molecule has 1 amide bonds. The average molecular weight is 324 g/mol. The lowest BCUT2D eigenvalue weighted by Crippen LogP contribution is -2.13. The third-order valence-electron chi connectivity index (χ3n) is 3.12. The van der Waals surface area contributed by atoms with Crippen molar-refractivity contribution in [1.82, 2.24) is 9.97 Å². The highest BCUT2D eigenvalue weighted by atomic mass is 35.5. The highest BCUT2D eigenvalue weighted by molar-refractivity contribution is 7.15. The van der Waals surface area contributed by atoms with Crippen LogP contribution in [0.1, 0.15) is 53.3 Å². The third-order valence-corrected chi connectivity index (χ3v) is 4.24. The molecule has 0 bridgehead atoms. The zero-order valence-electron chi connectivity index (χ0n) is 12.5. The van der Waals surface area contributed by atoms with E-state index in [1.54, 1.807) is 12.1 Å². The first-order valence-electron chi connectivity index (χ1n) is 6.85. The number of hydrogen-bond acceptors (Lipinski definition) is 4. The number of amides is 1. The largest absolute Gasteiger partial charge is 0.298 e. The predicted octanol–water partition coefficient (Wildman–Crippen LogP) is 4.44. The predicted molar refractivity (Wildman–Crippen MR) is 87.5 cm³/mol. The van der Waals surface area contributed by atoms with Gasteiger partial charge in [0.25, 0.3) is 5.91 Å². The minimum atomic E-state index is -0.211. The zero-order valence-corrected chi connectivity index (χ0v) is 14.1. The van der Waals surface area contributed by atoms with Crippen LogP contribution in [0.3, 0.4) is 0 Å². The lowest BCUT2D eigenvalue weighted by molar-refractivity contribution is 0.102. The van der Waals surface area contributed by atoms with Crippen molar-refractivity contribution in [3.8, 4) is 0 Å². The molecule has 0 spiro atoms. The number of pyridine rings is 1. The molecule has 0 atom stereocenters. The SMILES string of the molecule is CCc1nc(NC(=O)c2cc(Cl)nc(C(C)C)c2)sc1C. The summed E-state index contributed by atoms with van der Waals surface area (Å²) in [4.78, 5) is 22.1. The minimum Gasteiger partial charge on any atom is -0.298 e. The van der Waals surface area contributed by atoms with Gasteiger partial charge in [-0.1, -0.05) is 32.4 Å². The fraction of sp³-hybridized carbons (Fsp3) is 0.400. The summed E-state index contributed by atoms with van der Waals surface area (Å²) in [5.41, 5.74) is 2.33. The van der Waals surface area contributed by atoms with Crippen LogP contribution in [-0.2, 0) is 6.42 Å². The highest BCUT2D eigenvalue weighted by Gasteiger charge is 2.14. The lowest BCUT2D eigenvalue weighted by atomic mass is 10.1. The Morgan fingerprint density at radius 1 is 1.38 bits per heavy atom. The third kappa shape index (κ3) is 3.80. The first-order valence-corrected chi connectivity index (χ1v) is 8.05. The highest BCUT2D eigenvalue weighted by Crippen LogP contribution is 2.24. The maximum atomic E-state index is 12.3. The molecule has 0 aliphatic heterocycles. The van der Waals surface area contributed by atoms with E-state index in [9.17, 15) is 4.79 Å². The number of rotatable bonds is 4. The molecular formula is C15H18ClN3OS. The molecule has 0 saturated heterocycles. The fourth-order valence-corrected chi connectivity index (χ4v) is 3.04. The van der Waals surface area contributed by atoms with Crippen molar-refractivity contribution < 1.29 is 4.79 Å². The number of thiazole rings is 1. The monoisotopic (exact) mass is 323 g/mol. The van der Waals surface area contributed by atoms with Gasteiger partial charge in [0, 0.05) is 16.1 Å². The van der Waals surface area contributed by atoms with Crippen LogP contribution >= 0.6 is 22.9 Å². The molecule has 0 unspecified atom stereocenters. The van der Waals surface area contributed by atoms with Crippen LogP contribution in [0.2, 0.25) is 5.15 Å². The molecule has 2 rings (SSSR count). The Hall–Kier alpha value is -1.46. The van der Waals surface area contributed by atoms with E-state index < -0.39 is 0 Å². The maximum Gasteiger partial charge on any atom is 0.257 e. The zero-order chi connectivity index (χ0) is 15.6. The molecule has 0 aliphatic rings. The summed E-state index contributed by atoms with van der Waals surface area (Å²) >= 11 is 7.47. The topological polar surface area (TPSA) is 54.9 Å². The van der Waals surface area contributed by atoms with Gasteiger partial charge in [0.15, 0.2) is 5.13 Å². The molecule has 0 aliphatic carbocycles. The van der Waals surface area contributed by atoms with Crippen LogP contribution in [-0.4, -0.2) is 15.9 Å². The molecule has 4 nitrogen and oxygen atoms in total. The van der Waals surface area contributed by atoms with Crippen LogP contribution in [0, 0.1) is 6.92 Å².